The molecule has 1 saturated heterocycles. The van der Waals surface area contributed by atoms with E-state index in [1.165, 1.54) is 16.7 Å². The lowest BCUT2D eigenvalue weighted by atomic mass is 9.80. The van der Waals surface area contributed by atoms with Crippen LogP contribution in [0.15, 0.2) is 18.2 Å². The Morgan fingerprint density at radius 3 is 2.00 bits per heavy atom. The molecule has 0 aliphatic carbocycles. The van der Waals surface area contributed by atoms with Gasteiger partial charge in [0.1, 0.15) is 0 Å². The molecule has 3 heteroatoms. The van der Waals surface area contributed by atoms with Crippen LogP contribution in [-0.4, -0.2) is 18.3 Å². The van der Waals surface area contributed by atoms with Crippen LogP contribution in [0.4, 0.5) is 0 Å². The number of benzene rings is 1. The molecular weight excluding hydrogens is 223 g/mol. The second kappa shape index (κ2) is 4.39. The summed E-state index contributed by atoms with van der Waals surface area (Å²) in [5.41, 5.74) is 3.45. The number of hydrogen-bond donors (Lipinski definition) is 0. The van der Waals surface area contributed by atoms with E-state index < -0.39 is 0 Å². The van der Waals surface area contributed by atoms with Crippen LogP contribution >= 0.6 is 0 Å². The molecule has 2 rings (SSSR count). The van der Waals surface area contributed by atoms with E-state index in [4.69, 9.17) is 9.31 Å². The minimum Gasteiger partial charge on any atom is -0.403 e. The number of hydrogen-bond acceptors (Lipinski definition) is 2. The van der Waals surface area contributed by atoms with Crippen LogP contribution in [0.1, 0.15) is 44.4 Å². The van der Waals surface area contributed by atoms with Gasteiger partial charge in [-0.25, -0.2) is 0 Å². The van der Waals surface area contributed by atoms with Crippen molar-refractivity contribution >= 4 is 7.12 Å². The summed E-state index contributed by atoms with van der Waals surface area (Å²) in [5.74, 6) is 0. The van der Waals surface area contributed by atoms with Crippen molar-refractivity contribution in [1.82, 2.24) is 0 Å². The summed E-state index contributed by atoms with van der Waals surface area (Å²) in [5, 5.41) is 0. The molecule has 1 aromatic rings. The standard InChI is InChI=1S/C15H23BO2/c1-11-7-8-13(9-12(11)2)10-16-17-14(3,4)15(5,6)18-16/h7-9H,10H2,1-6H3. The van der Waals surface area contributed by atoms with Crippen molar-refractivity contribution in [3.63, 3.8) is 0 Å². The zero-order valence-electron chi connectivity index (χ0n) is 12.3. The van der Waals surface area contributed by atoms with Gasteiger partial charge in [0.05, 0.1) is 11.2 Å². The molecule has 1 heterocycles. The van der Waals surface area contributed by atoms with Gasteiger partial charge < -0.3 is 9.31 Å². The molecular formula is C15H23BO2. The van der Waals surface area contributed by atoms with Gasteiger partial charge in [-0.3, -0.25) is 0 Å². The Morgan fingerprint density at radius 2 is 1.50 bits per heavy atom. The van der Waals surface area contributed by atoms with E-state index in [2.05, 4.69) is 59.7 Å². The quantitative estimate of drug-likeness (QED) is 0.744. The predicted molar refractivity (Wildman–Crippen MR) is 75.7 cm³/mol. The molecule has 1 fully saturated rings. The van der Waals surface area contributed by atoms with Crippen LogP contribution in [0.5, 0.6) is 0 Å². The molecule has 0 aromatic heterocycles. The third-order valence-corrected chi connectivity index (χ3v) is 4.28. The molecule has 0 amide bonds. The second-order valence-electron chi connectivity index (χ2n) is 6.31. The summed E-state index contributed by atoms with van der Waals surface area (Å²) in [4.78, 5) is 0. The van der Waals surface area contributed by atoms with Crippen LogP contribution in [0.3, 0.4) is 0 Å². The van der Waals surface area contributed by atoms with E-state index in [1.54, 1.807) is 0 Å². The normalized spacial score (nSPS) is 21.3. The maximum atomic E-state index is 6.02. The Balaban J connectivity index is 2.10. The molecule has 1 aromatic carbocycles. The molecule has 0 saturated carbocycles. The van der Waals surface area contributed by atoms with E-state index >= 15 is 0 Å². The third-order valence-electron chi connectivity index (χ3n) is 4.28. The van der Waals surface area contributed by atoms with Gasteiger partial charge in [0.15, 0.2) is 0 Å². The van der Waals surface area contributed by atoms with Gasteiger partial charge in [0.2, 0.25) is 0 Å². The third kappa shape index (κ3) is 2.48. The van der Waals surface area contributed by atoms with E-state index in [9.17, 15) is 0 Å². The fourth-order valence-electron chi connectivity index (χ4n) is 2.17. The van der Waals surface area contributed by atoms with Crippen molar-refractivity contribution in [3.8, 4) is 0 Å². The summed E-state index contributed by atoms with van der Waals surface area (Å²) in [7, 11) is -0.142. The summed E-state index contributed by atoms with van der Waals surface area (Å²) < 4.78 is 12.0. The lowest BCUT2D eigenvalue weighted by Gasteiger charge is -2.32. The first kappa shape index (κ1) is 13.6. The smallest absolute Gasteiger partial charge is 0.403 e. The fourth-order valence-corrected chi connectivity index (χ4v) is 2.17. The van der Waals surface area contributed by atoms with E-state index in [0.717, 1.165) is 6.32 Å². The first-order valence-electron chi connectivity index (χ1n) is 6.63. The van der Waals surface area contributed by atoms with Crippen LogP contribution in [0.2, 0.25) is 0 Å². The van der Waals surface area contributed by atoms with Gasteiger partial charge in [-0.15, -0.1) is 0 Å². The van der Waals surface area contributed by atoms with Crippen molar-refractivity contribution in [2.24, 2.45) is 0 Å². The van der Waals surface area contributed by atoms with Crippen molar-refractivity contribution < 1.29 is 9.31 Å². The van der Waals surface area contributed by atoms with Crippen molar-refractivity contribution in [2.75, 3.05) is 0 Å². The molecule has 1 aliphatic rings. The summed E-state index contributed by atoms with van der Waals surface area (Å²) in [6.07, 6.45) is 0.813. The topological polar surface area (TPSA) is 18.5 Å². The van der Waals surface area contributed by atoms with Gasteiger partial charge in [0.25, 0.3) is 0 Å². The summed E-state index contributed by atoms with van der Waals surface area (Å²) in [6, 6.07) is 6.55. The van der Waals surface area contributed by atoms with E-state index in [1.807, 2.05) is 0 Å². The predicted octanol–water partition coefficient (Wildman–Crippen LogP) is 3.48. The Morgan fingerprint density at radius 1 is 0.944 bits per heavy atom. The average molecular weight is 246 g/mol. The molecule has 0 N–H and O–H groups in total. The molecule has 0 spiro atoms. The maximum absolute atomic E-state index is 6.02. The van der Waals surface area contributed by atoms with Crippen LogP contribution in [0.25, 0.3) is 0 Å². The first-order chi connectivity index (χ1) is 8.21. The average Bonchev–Trinajstić information content (AvgIpc) is 2.41. The maximum Gasteiger partial charge on any atom is 0.462 e. The monoisotopic (exact) mass is 246 g/mol. The van der Waals surface area contributed by atoms with E-state index in [-0.39, 0.29) is 18.3 Å². The number of rotatable bonds is 2. The Labute approximate surface area is 111 Å². The SMILES string of the molecule is Cc1ccc(CB2OC(C)(C)C(C)(C)O2)cc1C. The van der Waals surface area contributed by atoms with E-state index in [0.29, 0.717) is 0 Å². The van der Waals surface area contributed by atoms with Gasteiger partial charge in [-0.05, 0) is 58.2 Å². The van der Waals surface area contributed by atoms with Crippen LogP contribution in [-0.2, 0) is 15.6 Å². The fraction of sp³-hybridized carbons (Fsp3) is 0.600. The Kier molecular flexibility index (Phi) is 3.33. The van der Waals surface area contributed by atoms with Crippen LogP contribution < -0.4 is 0 Å². The Hall–Kier alpha value is -0.795. The molecule has 1 aliphatic heterocycles. The van der Waals surface area contributed by atoms with Gasteiger partial charge in [0, 0.05) is 6.32 Å². The van der Waals surface area contributed by atoms with Crippen molar-refractivity contribution in [1.29, 1.82) is 0 Å². The van der Waals surface area contributed by atoms with Gasteiger partial charge in [-0.2, -0.15) is 0 Å². The lowest BCUT2D eigenvalue weighted by Crippen LogP contribution is -2.41. The summed E-state index contributed by atoms with van der Waals surface area (Å²) in [6.45, 7) is 12.6. The minimum atomic E-state index is -0.239. The highest BCUT2D eigenvalue weighted by Gasteiger charge is 2.50. The highest BCUT2D eigenvalue weighted by molar-refractivity contribution is 6.45. The van der Waals surface area contributed by atoms with Crippen molar-refractivity contribution in [2.45, 2.75) is 59.1 Å². The zero-order valence-corrected chi connectivity index (χ0v) is 12.3. The highest BCUT2D eigenvalue weighted by Crippen LogP contribution is 2.37. The lowest BCUT2D eigenvalue weighted by molar-refractivity contribution is 0.00578. The number of aryl methyl sites for hydroxylation is 2. The molecule has 0 atom stereocenters. The molecule has 2 nitrogen and oxygen atoms in total. The Bertz CT molecular complexity index is 436. The minimum absolute atomic E-state index is 0.142. The molecule has 98 valence electrons. The van der Waals surface area contributed by atoms with Gasteiger partial charge in [-0.1, -0.05) is 18.2 Å². The zero-order chi connectivity index (χ0) is 13.6. The molecule has 0 radical (unpaired) electrons. The van der Waals surface area contributed by atoms with Crippen LogP contribution in [0, 0.1) is 13.8 Å². The molecule has 0 bridgehead atoms. The highest BCUT2D eigenvalue weighted by atomic mass is 16.7. The molecule has 18 heavy (non-hydrogen) atoms. The summed E-state index contributed by atoms with van der Waals surface area (Å²) >= 11 is 0. The molecule has 0 unspecified atom stereocenters. The van der Waals surface area contributed by atoms with Crippen molar-refractivity contribution in [3.05, 3.63) is 34.9 Å². The first-order valence-corrected chi connectivity index (χ1v) is 6.63. The second-order valence-corrected chi connectivity index (χ2v) is 6.31. The van der Waals surface area contributed by atoms with Gasteiger partial charge >= 0.3 is 7.12 Å². The largest absolute Gasteiger partial charge is 0.462 e.